The summed E-state index contributed by atoms with van der Waals surface area (Å²) in [5, 5.41) is 3.32. The summed E-state index contributed by atoms with van der Waals surface area (Å²) in [5.41, 5.74) is 7.39. The van der Waals surface area contributed by atoms with Crippen LogP contribution in [0.25, 0.3) is 0 Å². The summed E-state index contributed by atoms with van der Waals surface area (Å²) in [5.74, 6) is -0.969. The molecular weight excluding hydrogens is 352 g/mol. The maximum Gasteiger partial charge on any atom is 0.340 e. The van der Waals surface area contributed by atoms with E-state index in [1.807, 2.05) is 18.2 Å². The van der Waals surface area contributed by atoms with Crippen molar-refractivity contribution in [1.29, 1.82) is 0 Å². The number of anilines is 1. The van der Waals surface area contributed by atoms with Crippen LogP contribution in [0.3, 0.4) is 0 Å². The Kier molecular flexibility index (Phi) is 5.47. The molecule has 0 saturated heterocycles. The van der Waals surface area contributed by atoms with Crippen molar-refractivity contribution in [3.05, 3.63) is 64.7 Å². The first kappa shape index (κ1) is 18.3. The maximum atomic E-state index is 12.1. The number of nitrogens with two attached hydrogens (primary N) is 1. The van der Waals surface area contributed by atoms with Gasteiger partial charge in [-0.05, 0) is 36.6 Å². The number of amides is 1. The summed E-state index contributed by atoms with van der Waals surface area (Å²) in [6.07, 6.45) is 3.23. The zero-order chi connectivity index (χ0) is 18.6. The molecule has 0 spiro atoms. The Hall–Kier alpha value is -2.53. The van der Waals surface area contributed by atoms with Crippen molar-refractivity contribution in [2.45, 2.75) is 24.7 Å². The average Bonchev–Trinajstić information content (AvgIpc) is 2.59. The van der Waals surface area contributed by atoms with Gasteiger partial charge in [-0.2, -0.15) is 0 Å². The van der Waals surface area contributed by atoms with E-state index in [-0.39, 0.29) is 29.2 Å². The predicted molar refractivity (Wildman–Crippen MR) is 101 cm³/mol. The van der Waals surface area contributed by atoms with Gasteiger partial charge in [0, 0.05) is 22.7 Å². The van der Waals surface area contributed by atoms with Gasteiger partial charge in [0.25, 0.3) is 5.91 Å². The van der Waals surface area contributed by atoms with E-state index in [4.69, 9.17) is 22.1 Å². The number of benzene rings is 2. The summed E-state index contributed by atoms with van der Waals surface area (Å²) in [7, 11) is 0. The smallest absolute Gasteiger partial charge is 0.340 e. The SMILES string of the molecule is Nc1cc(Cl)ccc1C(=O)OCC(=O)NCC1(c2ccccc2)CCC1. The van der Waals surface area contributed by atoms with E-state index in [9.17, 15) is 9.59 Å². The number of hydrogen-bond donors (Lipinski definition) is 2. The van der Waals surface area contributed by atoms with Gasteiger partial charge in [0.05, 0.1) is 5.56 Å². The second-order valence-corrected chi connectivity index (χ2v) is 7.02. The summed E-state index contributed by atoms with van der Waals surface area (Å²) in [6.45, 7) is 0.197. The fraction of sp³-hybridized carbons (Fsp3) is 0.300. The lowest BCUT2D eigenvalue weighted by molar-refractivity contribution is -0.124. The number of carbonyl (C=O) groups is 2. The summed E-state index contributed by atoms with van der Waals surface area (Å²) >= 11 is 5.81. The molecule has 0 radical (unpaired) electrons. The van der Waals surface area contributed by atoms with E-state index in [0.717, 1.165) is 19.3 Å². The lowest BCUT2D eigenvalue weighted by atomic mass is 9.64. The van der Waals surface area contributed by atoms with Crippen molar-refractivity contribution < 1.29 is 14.3 Å². The molecule has 1 saturated carbocycles. The quantitative estimate of drug-likeness (QED) is 0.602. The second kappa shape index (κ2) is 7.79. The van der Waals surface area contributed by atoms with Crippen LogP contribution in [0, 0.1) is 0 Å². The molecule has 0 atom stereocenters. The molecule has 26 heavy (non-hydrogen) atoms. The highest BCUT2D eigenvalue weighted by Gasteiger charge is 2.38. The van der Waals surface area contributed by atoms with E-state index in [0.29, 0.717) is 11.6 Å². The third kappa shape index (κ3) is 3.99. The Morgan fingerprint density at radius 2 is 1.88 bits per heavy atom. The number of nitrogen functional groups attached to an aromatic ring is 1. The van der Waals surface area contributed by atoms with E-state index >= 15 is 0 Å². The number of halogens is 1. The molecule has 0 aliphatic heterocycles. The van der Waals surface area contributed by atoms with Gasteiger partial charge < -0.3 is 15.8 Å². The van der Waals surface area contributed by atoms with Gasteiger partial charge in [-0.1, -0.05) is 48.4 Å². The van der Waals surface area contributed by atoms with Crippen molar-refractivity contribution in [1.82, 2.24) is 5.32 Å². The molecule has 0 unspecified atom stereocenters. The van der Waals surface area contributed by atoms with Crippen LogP contribution in [0.1, 0.15) is 35.2 Å². The van der Waals surface area contributed by atoms with Gasteiger partial charge >= 0.3 is 5.97 Å². The van der Waals surface area contributed by atoms with E-state index < -0.39 is 5.97 Å². The Morgan fingerprint density at radius 3 is 2.50 bits per heavy atom. The average molecular weight is 373 g/mol. The first-order valence-electron chi connectivity index (χ1n) is 8.55. The number of hydrogen-bond acceptors (Lipinski definition) is 4. The largest absolute Gasteiger partial charge is 0.452 e. The topological polar surface area (TPSA) is 81.4 Å². The van der Waals surface area contributed by atoms with Crippen LogP contribution < -0.4 is 11.1 Å². The standard InChI is InChI=1S/C20H21ClN2O3/c21-15-7-8-16(17(22)11-15)19(25)26-12-18(24)23-13-20(9-4-10-20)14-5-2-1-3-6-14/h1-3,5-8,11H,4,9-10,12-13,22H2,(H,23,24). The number of nitrogens with one attached hydrogen (secondary N) is 1. The van der Waals surface area contributed by atoms with Crippen molar-refractivity contribution in [2.75, 3.05) is 18.9 Å². The third-order valence-corrected chi connectivity index (χ3v) is 5.12. The fourth-order valence-corrected chi connectivity index (χ4v) is 3.39. The normalized spacial score (nSPS) is 15.0. The molecule has 0 bridgehead atoms. The van der Waals surface area contributed by atoms with Crippen LogP contribution in [0.2, 0.25) is 5.02 Å². The minimum absolute atomic E-state index is 0.0124. The van der Waals surface area contributed by atoms with Crippen molar-refractivity contribution in [3.63, 3.8) is 0 Å². The third-order valence-electron chi connectivity index (χ3n) is 4.89. The van der Waals surface area contributed by atoms with Crippen molar-refractivity contribution >= 4 is 29.2 Å². The fourth-order valence-electron chi connectivity index (χ4n) is 3.21. The second-order valence-electron chi connectivity index (χ2n) is 6.58. The van der Waals surface area contributed by atoms with E-state index in [2.05, 4.69) is 17.4 Å². The Balaban J connectivity index is 1.52. The number of rotatable bonds is 6. The molecular formula is C20H21ClN2O3. The van der Waals surface area contributed by atoms with Crippen LogP contribution in [0.4, 0.5) is 5.69 Å². The molecule has 136 valence electrons. The van der Waals surface area contributed by atoms with Gasteiger partial charge in [-0.15, -0.1) is 0 Å². The Labute approximate surface area is 157 Å². The minimum atomic E-state index is -0.643. The molecule has 1 aliphatic rings. The van der Waals surface area contributed by atoms with Crippen LogP contribution in [0.15, 0.2) is 48.5 Å². The first-order chi connectivity index (χ1) is 12.5. The van der Waals surface area contributed by atoms with E-state index in [1.165, 1.54) is 17.7 Å². The molecule has 5 nitrogen and oxygen atoms in total. The molecule has 0 aromatic heterocycles. The van der Waals surface area contributed by atoms with Crippen LogP contribution in [-0.2, 0) is 14.9 Å². The Morgan fingerprint density at radius 1 is 1.15 bits per heavy atom. The highest BCUT2D eigenvalue weighted by atomic mass is 35.5. The highest BCUT2D eigenvalue weighted by Crippen LogP contribution is 2.43. The van der Waals surface area contributed by atoms with Crippen LogP contribution in [-0.4, -0.2) is 25.0 Å². The maximum absolute atomic E-state index is 12.1. The molecule has 3 N–H and O–H groups in total. The van der Waals surface area contributed by atoms with Gasteiger partial charge in [0.2, 0.25) is 0 Å². The van der Waals surface area contributed by atoms with Gasteiger partial charge in [0.15, 0.2) is 6.61 Å². The van der Waals surface area contributed by atoms with Gasteiger partial charge in [-0.25, -0.2) is 4.79 Å². The molecule has 2 aromatic rings. The zero-order valence-corrected chi connectivity index (χ0v) is 15.1. The predicted octanol–water partition coefficient (Wildman–Crippen LogP) is 3.32. The number of esters is 1. The lowest BCUT2D eigenvalue weighted by Gasteiger charge is -2.42. The van der Waals surface area contributed by atoms with Crippen LogP contribution >= 0.6 is 11.6 Å². The molecule has 1 aliphatic carbocycles. The van der Waals surface area contributed by atoms with Gasteiger partial charge in [-0.3, -0.25) is 4.79 Å². The monoisotopic (exact) mass is 372 g/mol. The first-order valence-corrected chi connectivity index (χ1v) is 8.92. The van der Waals surface area contributed by atoms with Crippen molar-refractivity contribution in [2.24, 2.45) is 0 Å². The minimum Gasteiger partial charge on any atom is -0.452 e. The number of ether oxygens (including phenoxy) is 1. The molecule has 3 rings (SSSR count). The molecule has 2 aromatic carbocycles. The van der Waals surface area contributed by atoms with Crippen LogP contribution in [0.5, 0.6) is 0 Å². The molecule has 6 heteroatoms. The zero-order valence-electron chi connectivity index (χ0n) is 14.3. The molecule has 1 amide bonds. The van der Waals surface area contributed by atoms with Gasteiger partial charge in [0.1, 0.15) is 0 Å². The Bertz CT molecular complexity index is 804. The summed E-state index contributed by atoms with van der Waals surface area (Å²) in [6, 6.07) is 14.7. The number of carbonyl (C=O) groups excluding carboxylic acids is 2. The highest BCUT2D eigenvalue weighted by molar-refractivity contribution is 6.31. The molecule has 1 fully saturated rings. The summed E-state index contributed by atoms with van der Waals surface area (Å²) in [4.78, 5) is 24.1. The molecule has 0 heterocycles. The summed E-state index contributed by atoms with van der Waals surface area (Å²) < 4.78 is 5.06. The van der Waals surface area contributed by atoms with Crippen molar-refractivity contribution in [3.8, 4) is 0 Å². The lowest BCUT2D eigenvalue weighted by Crippen LogP contribution is -2.46. The van der Waals surface area contributed by atoms with E-state index in [1.54, 1.807) is 6.07 Å².